The molecule has 4 N–H and O–H groups in total. The highest BCUT2D eigenvalue weighted by molar-refractivity contribution is 5.82. The van der Waals surface area contributed by atoms with E-state index in [1.165, 1.54) is 4.57 Å². The van der Waals surface area contributed by atoms with E-state index >= 15 is 0 Å². The summed E-state index contributed by atoms with van der Waals surface area (Å²) in [5, 5.41) is 3.13. The van der Waals surface area contributed by atoms with Gasteiger partial charge in [-0.15, -0.1) is 0 Å². The van der Waals surface area contributed by atoms with Gasteiger partial charge in [0.1, 0.15) is 5.52 Å². The van der Waals surface area contributed by atoms with Crippen LogP contribution in [0.3, 0.4) is 0 Å². The molecule has 2 heterocycles. The maximum atomic E-state index is 12.6. The summed E-state index contributed by atoms with van der Waals surface area (Å²) in [5.41, 5.74) is 8.31. The fourth-order valence-corrected chi connectivity index (χ4v) is 3.36. The Kier molecular flexibility index (Phi) is 7.82. The maximum Gasteiger partial charge on any atom is 0.328 e. The minimum Gasteiger partial charge on any atom is -0.466 e. The molecule has 0 saturated heterocycles. The molecule has 3 aromatic rings. The summed E-state index contributed by atoms with van der Waals surface area (Å²) in [6.45, 7) is 4.98. The maximum absolute atomic E-state index is 12.6. The van der Waals surface area contributed by atoms with Gasteiger partial charge in [-0.3, -0.25) is 9.36 Å². The second-order valence-corrected chi connectivity index (χ2v) is 7.40. The molecule has 3 rings (SSSR count). The number of aromatic nitrogens is 4. The van der Waals surface area contributed by atoms with Gasteiger partial charge in [0.15, 0.2) is 11.5 Å². The summed E-state index contributed by atoms with van der Waals surface area (Å²) in [6.07, 6.45) is 2.09. The van der Waals surface area contributed by atoms with Gasteiger partial charge < -0.3 is 25.5 Å². The first kappa shape index (κ1) is 23.3. The Labute approximate surface area is 186 Å². The van der Waals surface area contributed by atoms with Crippen molar-refractivity contribution in [1.82, 2.24) is 24.8 Å². The van der Waals surface area contributed by atoms with Crippen LogP contribution in [-0.4, -0.2) is 45.7 Å². The third-order valence-electron chi connectivity index (χ3n) is 5.11. The van der Waals surface area contributed by atoms with Crippen LogP contribution < -0.4 is 21.5 Å². The van der Waals surface area contributed by atoms with Crippen LogP contribution in [0.15, 0.2) is 29.1 Å². The van der Waals surface area contributed by atoms with Crippen LogP contribution >= 0.6 is 0 Å². The van der Waals surface area contributed by atoms with Gasteiger partial charge in [-0.2, -0.15) is 9.97 Å². The number of hydrogen-bond acceptors (Lipinski definition) is 8. The Morgan fingerprint density at radius 3 is 2.66 bits per heavy atom. The molecule has 10 heteroatoms. The second kappa shape index (κ2) is 10.8. The van der Waals surface area contributed by atoms with Crippen LogP contribution in [0, 0.1) is 0 Å². The first-order valence-corrected chi connectivity index (χ1v) is 10.8. The number of imidazole rings is 1. The Balaban J connectivity index is 1.82. The lowest BCUT2D eigenvalue weighted by Gasteiger charge is -2.16. The Morgan fingerprint density at radius 1 is 1.25 bits per heavy atom. The minimum atomic E-state index is -0.328. The van der Waals surface area contributed by atoms with E-state index in [2.05, 4.69) is 27.2 Å². The number of anilines is 1. The van der Waals surface area contributed by atoms with E-state index in [0.717, 1.165) is 24.0 Å². The smallest absolute Gasteiger partial charge is 0.328 e. The number of aromatic amines is 1. The number of nitrogens with two attached hydrogens (primary N) is 1. The highest BCUT2D eigenvalue weighted by Gasteiger charge is 2.17. The van der Waals surface area contributed by atoms with Crippen molar-refractivity contribution in [3.05, 3.63) is 45.9 Å². The molecule has 0 bridgehead atoms. The first-order chi connectivity index (χ1) is 15.5. The molecule has 1 aromatic carbocycles. The molecule has 32 heavy (non-hydrogen) atoms. The van der Waals surface area contributed by atoms with Crippen molar-refractivity contribution in [1.29, 1.82) is 0 Å². The fourth-order valence-electron chi connectivity index (χ4n) is 3.36. The molecular weight excluding hydrogens is 412 g/mol. The van der Waals surface area contributed by atoms with Crippen LogP contribution in [0.4, 0.5) is 5.82 Å². The number of nitrogens with one attached hydrogen (secondary N) is 2. The number of esters is 1. The number of unbranched alkanes of at least 4 members (excludes halogenated alkanes) is 1. The predicted molar refractivity (Wildman–Crippen MR) is 122 cm³/mol. The van der Waals surface area contributed by atoms with Gasteiger partial charge >= 0.3 is 17.7 Å². The average Bonchev–Trinajstić information content (AvgIpc) is 3.09. The quantitative estimate of drug-likeness (QED) is 0.303. The third kappa shape index (κ3) is 5.44. The summed E-state index contributed by atoms with van der Waals surface area (Å²) in [6, 6.07) is 7.69. The summed E-state index contributed by atoms with van der Waals surface area (Å²) in [5.74, 6) is -0.0842. The van der Waals surface area contributed by atoms with Crippen molar-refractivity contribution < 1.29 is 14.3 Å². The topological polar surface area (TPSA) is 137 Å². The third-order valence-corrected chi connectivity index (χ3v) is 5.11. The summed E-state index contributed by atoms with van der Waals surface area (Å²) >= 11 is 0. The van der Waals surface area contributed by atoms with E-state index in [0.29, 0.717) is 30.9 Å². The van der Waals surface area contributed by atoms with Crippen LogP contribution in [0.1, 0.15) is 50.3 Å². The fraction of sp³-hybridized carbons (Fsp3) is 0.455. The van der Waals surface area contributed by atoms with Crippen molar-refractivity contribution in [3.63, 3.8) is 0 Å². The number of H-pyrrole nitrogens is 1. The summed E-state index contributed by atoms with van der Waals surface area (Å²) in [7, 11) is 1.80. The molecule has 0 aliphatic rings. The Bertz CT molecular complexity index is 1110. The van der Waals surface area contributed by atoms with Gasteiger partial charge in [0.05, 0.1) is 26.2 Å². The number of carbonyl (C=O) groups excluding carboxylic acids is 1. The van der Waals surface area contributed by atoms with Crippen LogP contribution in [0.25, 0.3) is 11.2 Å². The van der Waals surface area contributed by atoms with Crippen molar-refractivity contribution in [2.24, 2.45) is 0 Å². The molecule has 0 fully saturated rings. The summed E-state index contributed by atoms with van der Waals surface area (Å²) in [4.78, 5) is 35.6. The van der Waals surface area contributed by atoms with Crippen molar-refractivity contribution in [2.75, 3.05) is 26.0 Å². The van der Waals surface area contributed by atoms with Gasteiger partial charge in [0.25, 0.3) is 0 Å². The number of nitrogens with zero attached hydrogens (tertiary/aromatic N) is 3. The molecule has 10 nitrogen and oxygen atoms in total. The largest absolute Gasteiger partial charge is 0.466 e. The minimum absolute atomic E-state index is 0.155. The molecule has 0 radical (unpaired) electrons. The molecule has 172 valence electrons. The van der Waals surface area contributed by atoms with E-state index in [1.54, 1.807) is 14.0 Å². The Hall–Kier alpha value is -3.40. The first-order valence-electron chi connectivity index (χ1n) is 10.8. The zero-order valence-electron chi connectivity index (χ0n) is 18.7. The number of ether oxygens (including phenoxy) is 2. The molecule has 2 aromatic heterocycles. The number of nitrogen functional groups attached to an aromatic ring is 1. The van der Waals surface area contributed by atoms with Gasteiger partial charge in [-0.1, -0.05) is 37.6 Å². The van der Waals surface area contributed by atoms with E-state index in [4.69, 9.17) is 15.2 Å². The molecule has 0 saturated carbocycles. The Morgan fingerprint density at radius 2 is 2.00 bits per heavy atom. The molecule has 0 aliphatic heterocycles. The van der Waals surface area contributed by atoms with E-state index in [9.17, 15) is 9.59 Å². The van der Waals surface area contributed by atoms with Gasteiger partial charge in [-0.05, 0) is 31.5 Å². The molecule has 1 atom stereocenters. The van der Waals surface area contributed by atoms with E-state index in [-0.39, 0.29) is 36.0 Å². The highest BCUT2D eigenvalue weighted by Crippen LogP contribution is 2.21. The van der Waals surface area contributed by atoms with Gasteiger partial charge in [0.2, 0.25) is 0 Å². The SMILES string of the molecule is CCCCOc1nc(N)c2[nH]c(=O)n(Cc3ccc(C(CC(=O)OCC)NC)cc3)c2n1. The molecule has 0 aliphatic carbocycles. The van der Waals surface area contributed by atoms with E-state index in [1.807, 2.05) is 24.3 Å². The predicted octanol–water partition coefficient (Wildman–Crippen LogP) is 2.14. The second-order valence-electron chi connectivity index (χ2n) is 7.40. The molecular formula is C22H30N6O4. The highest BCUT2D eigenvalue weighted by atomic mass is 16.5. The standard InChI is InChI=1S/C22H30N6O4/c1-4-6-11-32-21-26-19(23)18-20(27-21)28(22(30)25-18)13-14-7-9-15(10-8-14)16(24-3)12-17(29)31-5-2/h7-10,16,24H,4-6,11-13H2,1-3H3,(H,25,30)(H2,23,26,27). The lowest BCUT2D eigenvalue weighted by Crippen LogP contribution is -2.21. The molecule has 1 unspecified atom stereocenters. The normalized spacial score (nSPS) is 12.1. The van der Waals surface area contributed by atoms with Gasteiger partial charge in [-0.25, -0.2) is 4.79 Å². The van der Waals surface area contributed by atoms with Crippen molar-refractivity contribution >= 4 is 23.0 Å². The van der Waals surface area contributed by atoms with Crippen molar-refractivity contribution in [2.45, 2.75) is 45.7 Å². The van der Waals surface area contributed by atoms with Crippen LogP contribution in [-0.2, 0) is 16.1 Å². The number of hydrogen-bond donors (Lipinski definition) is 3. The molecule has 0 spiro atoms. The zero-order chi connectivity index (χ0) is 23.1. The number of fused-ring (bicyclic) bond motifs is 1. The number of rotatable bonds is 11. The number of benzene rings is 1. The lowest BCUT2D eigenvalue weighted by atomic mass is 10.0. The number of carbonyl (C=O) groups is 1. The lowest BCUT2D eigenvalue weighted by molar-refractivity contribution is -0.143. The summed E-state index contributed by atoms with van der Waals surface area (Å²) < 4.78 is 12.1. The average molecular weight is 443 g/mol. The van der Waals surface area contributed by atoms with Gasteiger partial charge in [0, 0.05) is 6.04 Å². The monoisotopic (exact) mass is 442 g/mol. The van der Waals surface area contributed by atoms with Crippen LogP contribution in [0.2, 0.25) is 0 Å². The van der Waals surface area contributed by atoms with Crippen LogP contribution in [0.5, 0.6) is 6.01 Å². The van der Waals surface area contributed by atoms with E-state index < -0.39 is 0 Å². The van der Waals surface area contributed by atoms with Crippen molar-refractivity contribution in [3.8, 4) is 6.01 Å². The zero-order valence-corrected chi connectivity index (χ0v) is 18.7. The molecule has 0 amide bonds.